The molecule has 1 aromatic carbocycles. The highest BCUT2D eigenvalue weighted by molar-refractivity contribution is 9.10. The zero-order valence-electron chi connectivity index (χ0n) is 6.71. The van der Waals surface area contributed by atoms with Crippen molar-refractivity contribution in [1.29, 1.82) is 0 Å². The van der Waals surface area contributed by atoms with Gasteiger partial charge in [0.1, 0.15) is 12.4 Å². The molecule has 0 unspecified atom stereocenters. The number of carbonyl (C=O) groups excluding carboxylic acids is 1. The Morgan fingerprint density at radius 3 is 2.92 bits per heavy atom. The minimum absolute atomic E-state index is 0.0989. The molecule has 1 aromatic rings. The summed E-state index contributed by atoms with van der Waals surface area (Å²) in [6, 6.07) is 5.72. The van der Waals surface area contributed by atoms with E-state index in [1.807, 2.05) is 25.1 Å². The first-order valence-corrected chi connectivity index (χ1v) is 4.36. The molecule has 0 saturated heterocycles. The number of halogens is 1. The number of ether oxygens (including phenoxy) is 1. The largest absolute Gasteiger partial charge is 0.485 e. The van der Waals surface area contributed by atoms with Gasteiger partial charge in [0, 0.05) is 0 Å². The Hall–Kier alpha value is -0.830. The molecule has 0 spiro atoms. The molecule has 0 N–H and O–H groups in total. The van der Waals surface area contributed by atoms with Crippen LogP contribution in [0.2, 0.25) is 0 Å². The minimum atomic E-state index is 0.0989. The first kappa shape index (κ1) is 9.26. The number of hydrogen-bond acceptors (Lipinski definition) is 2. The maximum atomic E-state index is 10.0. The van der Waals surface area contributed by atoms with Gasteiger partial charge in [-0.15, -0.1) is 0 Å². The zero-order chi connectivity index (χ0) is 8.97. The molecule has 0 atom stereocenters. The van der Waals surface area contributed by atoms with Crippen molar-refractivity contribution in [3.8, 4) is 5.75 Å². The van der Waals surface area contributed by atoms with E-state index in [0.717, 1.165) is 16.3 Å². The highest BCUT2D eigenvalue weighted by atomic mass is 79.9. The Kier molecular flexibility index (Phi) is 3.29. The van der Waals surface area contributed by atoms with Crippen LogP contribution in [0, 0.1) is 6.92 Å². The van der Waals surface area contributed by atoms with Crippen LogP contribution >= 0.6 is 15.9 Å². The normalized spacial score (nSPS) is 9.50. The lowest BCUT2D eigenvalue weighted by Gasteiger charge is -2.04. The molecule has 3 heteroatoms. The smallest absolute Gasteiger partial charge is 0.157 e. The van der Waals surface area contributed by atoms with Gasteiger partial charge < -0.3 is 4.74 Å². The van der Waals surface area contributed by atoms with Crippen LogP contribution in [0.15, 0.2) is 22.7 Å². The molecule has 2 nitrogen and oxygen atoms in total. The Morgan fingerprint density at radius 1 is 1.58 bits per heavy atom. The van der Waals surface area contributed by atoms with Crippen LogP contribution in [0.3, 0.4) is 0 Å². The van der Waals surface area contributed by atoms with E-state index in [1.165, 1.54) is 0 Å². The number of carbonyl (C=O) groups is 1. The molecule has 0 aromatic heterocycles. The van der Waals surface area contributed by atoms with Gasteiger partial charge in [-0.2, -0.15) is 0 Å². The number of hydrogen-bond donors (Lipinski definition) is 0. The van der Waals surface area contributed by atoms with Gasteiger partial charge in [0.15, 0.2) is 6.29 Å². The second-order valence-corrected chi connectivity index (χ2v) is 3.27. The molecule has 1 rings (SSSR count). The number of rotatable bonds is 3. The summed E-state index contributed by atoms with van der Waals surface area (Å²) in [6.07, 6.45) is 0.728. The quantitative estimate of drug-likeness (QED) is 0.743. The lowest BCUT2D eigenvalue weighted by Crippen LogP contribution is -1.98. The second kappa shape index (κ2) is 4.26. The first-order chi connectivity index (χ1) is 5.74. The van der Waals surface area contributed by atoms with Crippen LogP contribution in [-0.2, 0) is 4.79 Å². The number of benzene rings is 1. The van der Waals surface area contributed by atoms with Crippen molar-refractivity contribution in [2.24, 2.45) is 0 Å². The highest BCUT2D eigenvalue weighted by Gasteiger charge is 1.99. The van der Waals surface area contributed by atoms with Gasteiger partial charge in [-0.3, -0.25) is 4.79 Å². The molecule has 64 valence electrons. The Balaban J connectivity index is 2.78. The third kappa shape index (κ3) is 2.34. The Morgan fingerprint density at radius 2 is 2.33 bits per heavy atom. The van der Waals surface area contributed by atoms with E-state index in [4.69, 9.17) is 4.74 Å². The fourth-order valence-corrected chi connectivity index (χ4v) is 1.45. The summed E-state index contributed by atoms with van der Waals surface area (Å²) in [5.41, 5.74) is 1.15. The van der Waals surface area contributed by atoms with Crippen molar-refractivity contribution < 1.29 is 9.53 Å². The average Bonchev–Trinajstić information content (AvgIpc) is 2.03. The van der Waals surface area contributed by atoms with Crippen LogP contribution in [0.25, 0.3) is 0 Å². The van der Waals surface area contributed by atoms with Crippen molar-refractivity contribution in [3.63, 3.8) is 0 Å². The molecule has 12 heavy (non-hydrogen) atoms. The molecule has 0 aliphatic rings. The highest BCUT2D eigenvalue weighted by Crippen LogP contribution is 2.25. The standard InChI is InChI=1S/C9H9BrO2/c1-7-2-3-9(8(10)6-7)12-5-4-11/h2-4,6H,5H2,1H3. The van der Waals surface area contributed by atoms with E-state index in [1.54, 1.807) is 0 Å². The van der Waals surface area contributed by atoms with Crippen molar-refractivity contribution in [3.05, 3.63) is 28.2 Å². The second-order valence-electron chi connectivity index (χ2n) is 2.41. The van der Waals surface area contributed by atoms with E-state index < -0.39 is 0 Å². The third-order valence-corrected chi connectivity index (χ3v) is 2.01. The molecule has 0 amide bonds. The first-order valence-electron chi connectivity index (χ1n) is 3.56. The van der Waals surface area contributed by atoms with Gasteiger partial charge in [-0.25, -0.2) is 0 Å². The summed E-state index contributed by atoms with van der Waals surface area (Å²) < 4.78 is 6.01. The van der Waals surface area contributed by atoms with E-state index in [-0.39, 0.29) is 6.61 Å². The number of aryl methyl sites for hydroxylation is 1. The predicted molar refractivity (Wildman–Crippen MR) is 50.4 cm³/mol. The molecular weight excluding hydrogens is 220 g/mol. The summed E-state index contributed by atoms with van der Waals surface area (Å²) in [7, 11) is 0. The maximum absolute atomic E-state index is 10.0. The lowest BCUT2D eigenvalue weighted by atomic mass is 10.2. The Labute approximate surface area is 79.7 Å². The lowest BCUT2D eigenvalue weighted by molar-refractivity contribution is -0.109. The fourth-order valence-electron chi connectivity index (χ4n) is 0.847. The van der Waals surface area contributed by atoms with Gasteiger partial charge in [0.2, 0.25) is 0 Å². The van der Waals surface area contributed by atoms with Crippen LogP contribution in [-0.4, -0.2) is 12.9 Å². The molecular formula is C9H9BrO2. The summed E-state index contributed by atoms with van der Waals surface area (Å²) in [5, 5.41) is 0. The molecule has 0 heterocycles. The summed E-state index contributed by atoms with van der Waals surface area (Å²) in [4.78, 5) is 10.0. The predicted octanol–water partition coefficient (Wildman–Crippen LogP) is 2.34. The number of aldehydes is 1. The van der Waals surface area contributed by atoms with Gasteiger partial charge >= 0.3 is 0 Å². The molecule has 0 bridgehead atoms. The maximum Gasteiger partial charge on any atom is 0.157 e. The van der Waals surface area contributed by atoms with E-state index in [9.17, 15) is 4.79 Å². The SMILES string of the molecule is Cc1ccc(OCC=O)c(Br)c1. The summed E-state index contributed by atoms with van der Waals surface area (Å²) in [5.74, 6) is 0.702. The van der Waals surface area contributed by atoms with Crippen LogP contribution in [0.4, 0.5) is 0 Å². The average molecular weight is 229 g/mol. The van der Waals surface area contributed by atoms with Gasteiger partial charge in [-0.05, 0) is 40.5 Å². The third-order valence-electron chi connectivity index (χ3n) is 1.39. The summed E-state index contributed by atoms with van der Waals surface area (Å²) in [6.45, 7) is 2.09. The topological polar surface area (TPSA) is 26.3 Å². The van der Waals surface area contributed by atoms with Crippen LogP contribution in [0.5, 0.6) is 5.75 Å². The van der Waals surface area contributed by atoms with E-state index >= 15 is 0 Å². The molecule has 0 fully saturated rings. The van der Waals surface area contributed by atoms with Gasteiger partial charge in [0.25, 0.3) is 0 Å². The molecule has 0 aliphatic carbocycles. The van der Waals surface area contributed by atoms with Crippen molar-refractivity contribution >= 4 is 22.2 Å². The van der Waals surface area contributed by atoms with Crippen LogP contribution in [0.1, 0.15) is 5.56 Å². The van der Waals surface area contributed by atoms with E-state index in [0.29, 0.717) is 5.75 Å². The van der Waals surface area contributed by atoms with Gasteiger partial charge in [0.05, 0.1) is 4.47 Å². The Bertz CT molecular complexity index is 284. The molecule has 0 aliphatic heterocycles. The van der Waals surface area contributed by atoms with E-state index in [2.05, 4.69) is 15.9 Å². The monoisotopic (exact) mass is 228 g/mol. The van der Waals surface area contributed by atoms with Crippen molar-refractivity contribution in [2.75, 3.05) is 6.61 Å². The zero-order valence-corrected chi connectivity index (χ0v) is 8.30. The van der Waals surface area contributed by atoms with Crippen LogP contribution < -0.4 is 4.74 Å². The fraction of sp³-hybridized carbons (Fsp3) is 0.222. The minimum Gasteiger partial charge on any atom is -0.485 e. The van der Waals surface area contributed by atoms with Crippen molar-refractivity contribution in [2.45, 2.75) is 6.92 Å². The molecule has 0 radical (unpaired) electrons. The summed E-state index contributed by atoms with van der Waals surface area (Å²) >= 11 is 3.34. The molecule has 0 saturated carbocycles. The van der Waals surface area contributed by atoms with Gasteiger partial charge in [-0.1, -0.05) is 6.07 Å². The van der Waals surface area contributed by atoms with Crippen molar-refractivity contribution in [1.82, 2.24) is 0 Å².